The zero-order valence-corrected chi connectivity index (χ0v) is 16.7. The standard InChI is InChI=1S/C19H20ClN3O3S/c1-3-15-11(2)9-16(27-15)19(26)22-21-18(25)13-7-6-12(20)10-14(13)23-8-4-5-17(23)24/h6-7,9-10H,3-5,8H2,1-2H3,(H,21,25)(H,22,26). The van der Waals surface area contributed by atoms with Gasteiger partial charge in [-0.1, -0.05) is 18.5 Å². The van der Waals surface area contributed by atoms with Crippen molar-refractivity contribution < 1.29 is 14.4 Å². The van der Waals surface area contributed by atoms with Crippen LogP contribution in [0.25, 0.3) is 0 Å². The maximum absolute atomic E-state index is 12.6. The number of benzene rings is 1. The van der Waals surface area contributed by atoms with Crippen LogP contribution in [0, 0.1) is 6.92 Å². The van der Waals surface area contributed by atoms with Gasteiger partial charge in [-0.3, -0.25) is 25.2 Å². The Balaban J connectivity index is 1.74. The van der Waals surface area contributed by atoms with E-state index in [1.165, 1.54) is 11.3 Å². The van der Waals surface area contributed by atoms with Gasteiger partial charge in [-0.2, -0.15) is 0 Å². The van der Waals surface area contributed by atoms with Crippen molar-refractivity contribution in [3.05, 3.63) is 50.2 Å². The largest absolute Gasteiger partial charge is 0.312 e. The number of hydrazine groups is 1. The van der Waals surface area contributed by atoms with Crippen LogP contribution in [-0.4, -0.2) is 24.3 Å². The van der Waals surface area contributed by atoms with Gasteiger partial charge in [0.1, 0.15) is 0 Å². The number of anilines is 1. The number of thiophene rings is 1. The zero-order valence-electron chi connectivity index (χ0n) is 15.1. The van der Waals surface area contributed by atoms with Crippen LogP contribution in [0.4, 0.5) is 5.69 Å². The van der Waals surface area contributed by atoms with Crippen molar-refractivity contribution in [1.29, 1.82) is 0 Å². The Bertz CT molecular complexity index is 910. The van der Waals surface area contributed by atoms with Gasteiger partial charge in [0.25, 0.3) is 11.8 Å². The molecule has 1 aromatic heterocycles. The van der Waals surface area contributed by atoms with Crippen LogP contribution < -0.4 is 15.8 Å². The maximum atomic E-state index is 12.6. The molecule has 2 heterocycles. The molecule has 0 saturated carbocycles. The lowest BCUT2D eigenvalue weighted by Gasteiger charge is -2.19. The molecule has 6 nitrogen and oxygen atoms in total. The predicted octanol–water partition coefficient (Wildman–Crippen LogP) is 3.47. The van der Waals surface area contributed by atoms with Crippen LogP contribution in [0.3, 0.4) is 0 Å². The normalized spacial score (nSPS) is 13.7. The monoisotopic (exact) mass is 405 g/mol. The topological polar surface area (TPSA) is 78.5 Å². The molecule has 2 aromatic rings. The van der Waals surface area contributed by atoms with Gasteiger partial charge in [0, 0.05) is 22.9 Å². The summed E-state index contributed by atoms with van der Waals surface area (Å²) in [7, 11) is 0. The third-order valence-electron chi connectivity index (χ3n) is 4.42. The fourth-order valence-electron chi connectivity index (χ4n) is 3.05. The molecular weight excluding hydrogens is 386 g/mol. The molecule has 0 aliphatic carbocycles. The number of rotatable bonds is 4. The maximum Gasteiger partial charge on any atom is 0.279 e. The van der Waals surface area contributed by atoms with Crippen LogP contribution in [-0.2, 0) is 11.2 Å². The smallest absolute Gasteiger partial charge is 0.279 e. The number of amides is 3. The molecule has 0 spiro atoms. The van der Waals surface area contributed by atoms with Crippen molar-refractivity contribution in [1.82, 2.24) is 10.9 Å². The first kappa shape index (κ1) is 19.4. The number of nitrogens with zero attached hydrogens (tertiary/aromatic N) is 1. The number of halogens is 1. The third-order valence-corrected chi connectivity index (χ3v) is 6.04. The van der Waals surface area contributed by atoms with Crippen molar-refractivity contribution in [3.63, 3.8) is 0 Å². The van der Waals surface area contributed by atoms with Gasteiger partial charge in [0.2, 0.25) is 5.91 Å². The lowest BCUT2D eigenvalue weighted by atomic mass is 10.1. The van der Waals surface area contributed by atoms with Gasteiger partial charge in [0.15, 0.2) is 0 Å². The Morgan fingerprint density at radius 2 is 1.96 bits per heavy atom. The SMILES string of the molecule is CCc1sc(C(=O)NNC(=O)c2ccc(Cl)cc2N2CCCC2=O)cc1C. The molecule has 1 aliphatic heterocycles. The molecule has 0 radical (unpaired) electrons. The number of nitrogens with one attached hydrogen (secondary N) is 2. The molecule has 1 aliphatic rings. The van der Waals surface area contributed by atoms with E-state index in [9.17, 15) is 14.4 Å². The van der Waals surface area contributed by atoms with E-state index in [4.69, 9.17) is 11.6 Å². The highest BCUT2D eigenvalue weighted by Gasteiger charge is 2.26. The summed E-state index contributed by atoms with van der Waals surface area (Å²) in [6.45, 7) is 4.53. The number of carbonyl (C=O) groups excluding carboxylic acids is 3. The highest BCUT2D eigenvalue weighted by Crippen LogP contribution is 2.28. The quantitative estimate of drug-likeness (QED) is 0.764. The lowest BCUT2D eigenvalue weighted by molar-refractivity contribution is -0.117. The van der Waals surface area contributed by atoms with E-state index in [0.717, 1.165) is 23.3 Å². The molecule has 1 saturated heterocycles. The highest BCUT2D eigenvalue weighted by atomic mass is 35.5. The van der Waals surface area contributed by atoms with E-state index < -0.39 is 5.91 Å². The van der Waals surface area contributed by atoms with Gasteiger partial charge in [-0.05, 0) is 49.6 Å². The summed E-state index contributed by atoms with van der Waals surface area (Å²) in [6, 6.07) is 6.53. The Kier molecular flexibility index (Phi) is 5.82. The molecule has 142 valence electrons. The van der Waals surface area contributed by atoms with Crippen molar-refractivity contribution in [3.8, 4) is 0 Å². The second kappa shape index (κ2) is 8.10. The summed E-state index contributed by atoms with van der Waals surface area (Å²) in [5.41, 5.74) is 6.67. The van der Waals surface area contributed by atoms with E-state index in [-0.39, 0.29) is 17.4 Å². The average Bonchev–Trinajstić information content (AvgIpc) is 3.24. The Morgan fingerprint density at radius 3 is 2.59 bits per heavy atom. The van der Waals surface area contributed by atoms with Crippen molar-refractivity contribution >= 4 is 46.3 Å². The first-order valence-electron chi connectivity index (χ1n) is 8.70. The van der Waals surface area contributed by atoms with E-state index in [2.05, 4.69) is 10.9 Å². The summed E-state index contributed by atoms with van der Waals surface area (Å²) >= 11 is 7.46. The van der Waals surface area contributed by atoms with Crippen LogP contribution in [0.2, 0.25) is 5.02 Å². The van der Waals surface area contributed by atoms with Crippen molar-refractivity contribution in [2.45, 2.75) is 33.1 Å². The Labute approximate surface area is 166 Å². The van der Waals surface area contributed by atoms with Gasteiger partial charge in [-0.15, -0.1) is 11.3 Å². The second-order valence-corrected chi connectivity index (χ2v) is 7.86. The first-order valence-corrected chi connectivity index (χ1v) is 9.90. The lowest BCUT2D eigenvalue weighted by Crippen LogP contribution is -2.42. The van der Waals surface area contributed by atoms with Crippen molar-refractivity contribution in [2.24, 2.45) is 0 Å². The number of carbonyl (C=O) groups is 3. The summed E-state index contributed by atoms with van der Waals surface area (Å²) in [5, 5.41) is 0.437. The molecule has 2 N–H and O–H groups in total. The molecule has 27 heavy (non-hydrogen) atoms. The molecule has 0 atom stereocenters. The van der Waals surface area contributed by atoms with Crippen LogP contribution in [0.5, 0.6) is 0 Å². The van der Waals surface area contributed by atoms with Gasteiger partial charge < -0.3 is 4.90 Å². The van der Waals surface area contributed by atoms with E-state index >= 15 is 0 Å². The fraction of sp³-hybridized carbons (Fsp3) is 0.316. The van der Waals surface area contributed by atoms with E-state index in [1.807, 2.05) is 19.9 Å². The molecule has 1 aromatic carbocycles. The number of hydrogen-bond acceptors (Lipinski definition) is 4. The summed E-state index contributed by atoms with van der Waals surface area (Å²) in [6.07, 6.45) is 2.04. The minimum Gasteiger partial charge on any atom is -0.312 e. The van der Waals surface area contributed by atoms with E-state index in [1.54, 1.807) is 23.1 Å². The Morgan fingerprint density at radius 1 is 1.22 bits per heavy atom. The molecule has 3 amide bonds. The number of hydrogen-bond donors (Lipinski definition) is 2. The highest BCUT2D eigenvalue weighted by molar-refractivity contribution is 7.14. The molecule has 3 rings (SSSR count). The van der Waals surface area contributed by atoms with Gasteiger partial charge in [-0.25, -0.2) is 0 Å². The summed E-state index contributed by atoms with van der Waals surface area (Å²) < 4.78 is 0. The first-order chi connectivity index (χ1) is 12.9. The summed E-state index contributed by atoms with van der Waals surface area (Å²) in [4.78, 5) is 40.2. The molecule has 1 fully saturated rings. The zero-order chi connectivity index (χ0) is 19.6. The van der Waals surface area contributed by atoms with Gasteiger partial charge >= 0.3 is 0 Å². The molecule has 8 heteroatoms. The van der Waals surface area contributed by atoms with Crippen molar-refractivity contribution in [2.75, 3.05) is 11.4 Å². The third kappa shape index (κ3) is 4.14. The summed E-state index contributed by atoms with van der Waals surface area (Å²) in [5.74, 6) is -0.917. The molecular formula is C19H20ClN3O3S. The predicted molar refractivity (Wildman–Crippen MR) is 106 cm³/mol. The molecule has 0 bridgehead atoms. The average molecular weight is 406 g/mol. The Hall–Kier alpha value is -2.38. The minimum atomic E-state index is -0.501. The fourth-order valence-corrected chi connectivity index (χ4v) is 4.22. The van der Waals surface area contributed by atoms with E-state index in [0.29, 0.717) is 28.6 Å². The van der Waals surface area contributed by atoms with Crippen LogP contribution in [0.1, 0.15) is 50.2 Å². The minimum absolute atomic E-state index is 0.0449. The van der Waals surface area contributed by atoms with Crippen LogP contribution >= 0.6 is 22.9 Å². The second-order valence-electron chi connectivity index (χ2n) is 6.29. The number of aryl methyl sites for hydroxylation is 2. The van der Waals surface area contributed by atoms with Crippen LogP contribution in [0.15, 0.2) is 24.3 Å². The molecule has 0 unspecified atom stereocenters. The van der Waals surface area contributed by atoms with Gasteiger partial charge in [0.05, 0.1) is 16.1 Å².